The molecule has 2 rings (SSSR count). The number of ether oxygens (including phenoxy) is 1. The van der Waals surface area contributed by atoms with Crippen LogP contribution in [0.4, 0.5) is 4.39 Å². The van der Waals surface area contributed by atoms with Gasteiger partial charge in [-0.05, 0) is 30.7 Å². The van der Waals surface area contributed by atoms with E-state index < -0.39 is 5.92 Å². The molecule has 0 saturated carbocycles. The van der Waals surface area contributed by atoms with Gasteiger partial charge in [-0.2, -0.15) is 0 Å². The van der Waals surface area contributed by atoms with Gasteiger partial charge in [0.1, 0.15) is 23.1 Å². The van der Waals surface area contributed by atoms with Crippen LogP contribution >= 0.6 is 0 Å². The maximum Gasteiger partial charge on any atom is 0.316 e. The van der Waals surface area contributed by atoms with Gasteiger partial charge in [-0.1, -0.05) is 19.8 Å². The summed E-state index contributed by atoms with van der Waals surface area (Å²) in [4.78, 5) is 11.8. The van der Waals surface area contributed by atoms with Crippen LogP contribution in [0.5, 0.6) is 0 Å². The van der Waals surface area contributed by atoms with Crippen LogP contribution in [0.25, 0.3) is 11.0 Å². The molecule has 0 aliphatic heterocycles. The summed E-state index contributed by atoms with van der Waals surface area (Å²) in [6.45, 7) is 2.06. The second kappa shape index (κ2) is 5.87. The number of hydrogen-bond donors (Lipinski definition) is 0. The van der Waals surface area contributed by atoms with Gasteiger partial charge in [0.2, 0.25) is 0 Å². The van der Waals surface area contributed by atoms with E-state index in [9.17, 15) is 9.18 Å². The number of benzene rings is 1. The highest BCUT2D eigenvalue weighted by Gasteiger charge is 2.24. The fourth-order valence-electron chi connectivity index (χ4n) is 2.13. The molecule has 0 radical (unpaired) electrons. The van der Waals surface area contributed by atoms with Gasteiger partial charge < -0.3 is 9.15 Å². The number of halogens is 1. The van der Waals surface area contributed by atoms with Gasteiger partial charge in [0, 0.05) is 5.39 Å². The molecule has 1 aromatic heterocycles. The minimum atomic E-state index is -0.416. The number of esters is 1. The Morgan fingerprint density at radius 1 is 1.42 bits per heavy atom. The lowest BCUT2D eigenvalue weighted by Crippen LogP contribution is -2.13. The first-order valence-electron chi connectivity index (χ1n) is 6.42. The molecule has 2 aromatic rings. The Hall–Kier alpha value is -1.84. The van der Waals surface area contributed by atoms with Crippen molar-refractivity contribution in [1.29, 1.82) is 0 Å². The van der Waals surface area contributed by atoms with E-state index in [1.165, 1.54) is 19.2 Å². The molecule has 0 N–H and O–H groups in total. The lowest BCUT2D eigenvalue weighted by molar-refractivity contribution is -0.143. The van der Waals surface area contributed by atoms with E-state index in [2.05, 4.69) is 6.92 Å². The molecule has 1 aromatic carbocycles. The molecule has 0 spiro atoms. The van der Waals surface area contributed by atoms with Crippen molar-refractivity contribution in [3.05, 3.63) is 35.8 Å². The van der Waals surface area contributed by atoms with E-state index >= 15 is 0 Å². The number of carbonyl (C=O) groups is 1. The van der Waals surface area contributed by atoms with Crippen LogP contribution in [-0.2, 0) is 9.53 Å². The van der Waals surface area contributed by atoms with Gasteiger partial charge in [-0.15, -0.1) is 0 Å². The Labute approximate surface area is 111 Å². The smallest absolute Gasteiger partial charge is 0.316 e. The third kappa shape index (κ3) is 2.95. The highest BCUT2D eigenvalue weighted by molar-refractivity contribution is 5.82. The Balaban J connectivity index is 2.35. The van der Waals surface area contributed by atoms with Gasteiger partial charge in [0.05, 0.1) is 7.11 Å². The molecule has 0 bridgehead atoms. The Morgan fingerprint density at radius 3 is 2.89 bits per heavy atom. The number of methoxy groups -OCH3 is 1. The SMILES string of the molecule is CCCCC(C(=O)OC)c1cc2cc(F)ccc2o1. The van der Waals surface area contributed by atoms with Crippen molar-refractivity contribution in [2.45, 2.75) is 32.1 Å². The van der Waals surface area contributed by atoms with Crippen LogP contribution in [0.3, 0.4) is 0 Å². The summed E-state index contributed by atoms with van der Waals surface area (Å²) in [6.07, 6.45) is 2.57. The van der Waals surface area contributed by atoms with Gasteiger partial charge in [0.15, 0.2) is 0 Å². The number of rotatable bonds is 5. The van der Waals surface area contributed by atoms with Crippen LogP contribution in [-0.4, -0.2) is 13.1 Å². The molecule has 4 heteroatoms. The number of furan rings is 1. The van der Waals surface area contributed by atoms with E-state index in [0.717, 1.165) is 12.8 Å². The van der Waals surface area contributed by atoms with E-state index in [1.807, 2.05) is 0 Å². The lowest BCUT2D eigenvalue weighted by atomic mass is 9.99. The van der Waals surface area contributed by atoms with Crippen molar-refractivity contribution in [1.82, 2.24) is 0 Å². The van der Waals surface area contributed by atoms with Crippen molar-refractivity contribution < 1.29 is 18.3 Å². The van der Waals surface area contributed by atoms with Gasteiger partial charge in [0.25, 0.3) is 0 Å². The van der Waals surface area contributed by atoms with Crippen molar-refractivity contribution in [2.24, 2.45) is 0 Å². The largest absolute Gasteiger partial charge is 0.468 e. The molecule has 0 fully saturated rings. The standard InChI is InChI=1S/C15H17FO3/c1-3-4-5-12(15(17)18-2)14-9-10-8-11(16)6-7-13(10)19-14/h6-9,12H,3-5H2,1-2H3. The summed E-state index contributed by atoms with van der Waals surface area (Å²) in [6, 6.07) is 6.03. The van der Waals surface area contributed by atoms with Gasteiger partial charge >= 0.3 is 5.97 Å². The summed E-state index contributed by atoms with van der Waals surface area (Å²) >= 11 is 0. The van der Waals surface area contributed by atoms with Crippen molar-refractivity contribution in [3.63, 3.8) is 0 Å². The van der Waals surface area contributed by atoms with E-state index in [4.69, 9.17) is 9.15 Å². The molecule has 1 heterocycles. The molecular weight excluding hydrogens is 247 g/mol. The first-order valence-corrected chi connectivity index (χ1v) is 6.42. The Kier molecular flexibility index (Phi) is 4.20. The summed E-state index contributed by atoms with van der Waals surface area (Å²) in [7, 11) is 1.36. The summed E-state index contributed by atoms with van der Waals surface area (Å²) < 4.78 is 23.6. The minimum Gasteiger partial charge on any atom is -0.468 e. The summed E-state index contributed by atoms with van der Waals surface area (Å²) in [5.74, 6) is -0.502. The first-order chi connectivity index (χ1) is 9.15. The second-order valence-corrected chi connectivity index (χ2v) is 4.55. The second-order valence-electron chi connectivity index (χ2n) is 4.55. The molecule has 0 saturated heterocycles. The number of hydrogen-bond acceptors (Lipinski definition) is 3. The maximum absolute atomic E-state index is 13.1. The molecule has 102 valence electrons. The molecule has 3 nitrogen and oxygen atoms in total. The van der Waals surface area contributed by atoms with Crippen molar-refractivity contribution in [3.8, 4) is 0 Å². The molecule has 0 amide bonds. The van der Waals surface area contributed by atoms with E-state index in [0.29, 0.717) is 23.2 Å². The summed E-state index contributed by atoms with van der Waals surface area (Å²) in [5, 5.41) is 0.667. The van der Waals surface area contributed by atoms with E-state index in [-0.39, 0.29) is 11.8 Å². The fourth-order valence-corrected chi connectivity index (χ4v) is 2.13. The zero-order chi connectivity index (χ0) is 13.8. The predicted molar refractivity (Wildman–Crippen MR) is 70.5 cm³/mol. The van der Waals surface area contributed by atoms with Crippen molar-refractivity contribution in [2.75, 3.05) is 7.11 Å². The average Bonchev–Trinajstić information content (AvgIpc) is 2.81. The number of unbranched alkanes of at least 4 members (excludes halogenated alkanes) is 1. The molecular formula is C15H17FO3. The van der Waals surface area contributed by atoms with Crippen LogP contribution in [0, 0.1) is 5.82 Å². The van der Waals surface area contributed by atoms with Crippen LogP contribution in [0.1, 0.15) is 37.9 Å². The van der Waals surface area contributed by atoms with Crippen LogP contribution < -0.4 is 0 Å². The fraction of sp³-hybridized carbons (Fsp3) is 0.400. The maximum atomic E-state index is 13.1. The molecule has 0 aliphatic carbocycles. The molecule has 1 atom stereocenters. The number of carbonyl (C=O) groups excluding carboxylic acids is 1. The normalized spacial score (nSPS) is 12.6. The lowest BCUT2D eigenvalue weighted by Gasteiger charge is -2.11. The quantitative estimate of drug-likeness (QED) is 0.766. The third-order valence-electron chi connectivity index (χ3n) is 3.17. The molecule has 19 heavy (non-hydrogen) atoms. The average molecular weight is 264 g/mol. The van der Waals surface area contributed by atoms with Gasteiger partial charge in [-0.3, -0.25) is 4.79 Å². The number of fused-ring (bicyclic) bond motifs is 1. The highest BCUT2D eigenvalue weighted by Crippen LogP contribution is 2.29. The topological polar surface area (TPSA) is 39.4 Å². The Morgan fingerprint density at radius 2 is 2.21 bits per heavy atom. The summed E-state index contributed by atoms with van der Waals surface area (Å²) in [5.41, 5.74) is 0.585. The predicted octanol–water partition coefficient (Wildman–Crippen LogP) is 4.02. The zero-order valence-electron chi connectivity index (χ0n) is 11.1. The third-order valence-corrected chi connectivity index (χ3v) is 3.17. The first kappa shape index (κ1) is 13.6. The van der Waals surface area contributed by atoms with E-state index in [1.54, 1.807) is 12.1 Å². The van der Waals surface area contributed by atoms with Gasteiger partial charge in [-0.25, -0.2) is 4.39 Å². The molecule has 1 unspecified atom stereocenters. The highest BCUT2D eigenvalue weighted by atomic mass is 19.1. The zero-order valence-corrected chi connectivity index (χ0v) is 11.1. The Bertz CT molecular complexity index is 574. The monoisotopic (exact) mass is 264 g/mol. The van der Waals surface area contributed by atoms with Crippen LogP contribution in [0.2, 0.25) is 0 Å². The minimum absolute atomic E-state index is 0.312. The van der Waals surface area contributed by atoms with Crippen molar-refractivity contribution >= 4 is 16.9 Å². The van der Waals surface area contributed by atoms with Crippen LogP contribution in [0.15, 0.2) is 28.7 Å². The molecule has 0 aliphatic rings.